The number of fused-ring (bicyclic) bond motifs is 1. The summed E-state index contributed by atoms with van der Waals surface area (Å²) in [6.45, 7) is -0.444. The van der Waals surface area contributed by atoms with Crippen LogP contribution in [-0.2, 0) is 20.7 Å². The minimum Gasteiger partial charge on any atom is -0.497 e. The summed E-state index contributed by atoms with van der Waals surface area (Å²) in [6, 6.07) is 11.8. The lowest BCUT2D eigenvalue weighted by atomic mass is 10.2. The van der Waals surface area contributed by atoms with Crippen LogP contribution in [0.5, 0.6) is 11.5 Å². The molecule has 1 heterocycles. The van der Waals surface area contributed by atoms with Crippen molar-refractivity contribution in [3.8, 4) is 11.5 Å². The number of hydrogen-bond donors (Lipinski definition) is 2. The topological polar surface area (TPSA) is 120 Å². The second kappa shape index (κ2) is 9.55. The molecule has 156 valence electrons. The van der Waals surface area contributed by atoms with Crippen molar-refractivity contribution in [1.29, 1.82) is 0 Å². The quantitative estimate of drug-likeness (QED) is 0.545. The van der Waals surface area contributed by atoms with Crippen LogP contribution in [0.2, 0.25) is 0 Å². The first kappa shape index (κ1) is 20.8. The van der Waals surface area contributed by atoms with E-state index in [1.165, 1.54) is 14.2 Å². The first-order valence-corrected chi connectivity index (χ1v) is 9.15. The van der Waals surface area contributed by atoms with Gasteiger partial charge in [-0.15, -0.1) is 0 Å². The van der Waals surface area contributed by atoms with Gasteiger partial charge in [-0.2, -0.15) is 0 Å². The fourth-order valence-electron chi connectivity index (χ4n) is 2.77. The van der Waals surface area contributed by atoms with E-state index in [-0.39, 0.29) is 18.4 Å². The average molecular weight is 411 g/mol. The minimum atomic E-state index is -0.579. The molecule has 1 aromatic heterocycles. The molecule has 1 amide bonds. The van der Waals surface area contributed by atoms with Crippen LogP contribution in [0.25, 0.3) is 10.9 Å². The van der Waals surface area contributed by atoms with Gasteiger partial charge in [0.1, 0.15) is 17.3 Å². The van der Waals surface area contributed by atoms with Crippen LogP contribution in [0.15, 0.2) is 47.3 Å². The maximum atomic E-state index is 12.1. The second-order valence-corrected chi connectivity index (χ2v) is 6.34. The number of anilines is 1. The minimum absolute atomic E-state index is 0.0262. The summed E-state index contributed by atoms with van der Waals surface area (Å²) in [5.74, 6) is 0.320. The third kappa shape index (κ3) is 5.34. The number of nitrogens with one attached hydrogen (secondary N) is 2. The Labute approximate surface area is 172 Å². The second-order valence-electron chi connectivity index (χ2n) is 6.34. The number of H-pyrrole nitrogens is 1. The monoisotopic (exact) mass is 411 g/mol. The Morgan fingerprint density at radius 3 is 2.47 bits per heavy atom. The number of rotatable bonds is 8. The number of benzene rings is 2. The number of ether oxygens (including phenoxy) is 3. The van der Waals surface area contributed by atoms with Crippen molar-refractivity contribution in [2.75, 3.05) is 26.1 Å². The Morgan fingerprint density at radius 2 is 1.77 bits per heavy atom. The van der Waals surface area contributed by atoms with Gasteiger partial charge in [-0.1, -0.05) is 12.1 Å². The van der Waals surface area contributed by atoms with Gasteiger partial charge >= 0.3 is 5.97 Å². The van der Waals surface area contributed by atoms with E-state index >= 15 is 0 Å². The van der Waals surface area contributed by atoms with Gasteiger partial charge in [-0.05, 0) is 12.1 Å². The van der Waals surface area contributed by atoms with Crippen molar-refractivity contribution in [2.24, 2.45) is 0 Å². The summed E-state index contributed by atoms with van der Waals surface area (Å²) >= 11 is 0. The lowest BCUT2D eigenvalue weighted by Crippen LogP contribution is -2.21. The van der Waals surface area contributed by atoms with Crippen LogP contribution in [0, 0.1) is 0 Å². The van der Waals surface area contributed by atoms with E-state index in [0.29, 0.717) is 33.9 Å². The van der Waals surface area contributed by atoms with Gasteiger partial charge in [-0.3, -0.25) is 14.4 Å². The van der Waals surface area contributed by atoms with E-state index < -0.39 is 18.5 Å². The molecule has 0 saturated carbocycles. The van der Waals surface area contributed by atoms with Crippen LogP contribution < -0.4 is 20.3 Å². The number of esters is 1. The number of nitrogens with zero attached hydrogens (tertiary/aromatic N) is 1. The van der Waals surface area contributed by atoms with Crippen molar-refractivity contribution in [1.82, 2.24) is 9.97 Å². The van der Waals surface area contributed by atoms with E-state index in [4.69, 9.17) is 14.2 Å². The highest BCUT2D eigenvalue weighted by molar-refractivity contribution is 5.93. The first-order chi connectivity index (χ1) is 14.5. The summed E-state index contributed by atoms with van der Waals surface area (Å²) < 4.78 is 15.3. The molecule has 0 atom stereocenters. The number of aromatic amines is 1. The largest absolute Gasteiger partial charge is 0.497 e. The average Bonchev–Trinajstić information content (AvgIpc) is 2.76. The number of aryl methyl sites for hydroxylation is 1. The lowest BCUT2D eigenvalue weighted by Gasteiger charge is -2.10. The zero-order valence-corrected chi connectivity index (χ0v) is 16.6. The highest BCUT2D eigenvalue weighted by Crippen LogP contribution is 2.25. The summed E-state index contributed by atoms with van der Waals surface area (Å²) in [6.07, 6.45) is 0.162. The summed E-state index contributed by atoms with van der Waals surface area (Å²) in [5.41, 5.74) is 0.736. The molecule has 0 spiro atoms. The number of aromatic nitrogens is 2. The fourth-order valence-corrected chi connectivity index (χ4v) is 2.77. The lowest BCUT2D eigenvalue weighted by molar-refractivity contribution is -0.147. The van der Waals surface area contributed by atoms with Crippen molar-refractivity contribution in [3.63, 3.8) is 0 Å². The van der Waals surface area contributed by atoms with Crippen LogP contribution in [0.3, 0.4) is 0 Å². The third-order valence-corrected chi connectivity index (χ3v) is 4.23. The molecule has 30 heavy (non-hydrogen) atoms. The summed E-state index contributed by atoms with van der Waals surface area (Å²) in [7, 11) is 3.00. The van der Waals surface area contributed by atoms with Gasteiger partial charge in [0.05, 0.1) is 31.5 Å². The van der Waals surface area contributed by atoms with E-state index in [9.17, 15) is 14.4 Å². The molecule has 3 rings (SSSR count). The third-order valence-electron chi connectivity index (χ3n) is 4.23. The molecule has 2 N–H and O–H groups in total. The Bertz CT molecular complexity index is 1100. The zero-order chi connectivity index (χ0) is 21.5. The van der Waals surface area contributed by atoms with Crippen LogP contribution >= 0.6 is 0 Å². The Hall–Kier alpha value is -3.88. The Morgan fingerprint density at radius 1 is 1.07 bits per heavy atom. The first-order valence-electron chi connectivity index (χ1n) is 9.15. The molecular formula is C21H21N3O6. The molecule has 0 aliphatic heterocycles. The standard InChI is InChI=1S/C21H21N3O6/c1-28-14-9-13(10-15(11-14)29-2)22-19(25)12-30-20(26)8-7-18-23-17-6-4-3-5-16(17)21(27)24-18/h3-6,9-11H,7-8,12H2,1-2H3,(H,22,25)(H,23,24,27). The van der Waals surface area contributed by atoms with Crippen LogP contribution in [0.1, 0.15) is 12.2 Å². The Kier molecular flexibility index (Phi) is 6.63. The van der Waals surface area contributed by atoms with Gasteiger partial charge in [0, 0.05) is 30.3 Å². The molecule has 2 aromatic carbocycles. The van der Waals surface area contributed by atoms with Crippen molar-refractivity contribution in [2.45, 2.75) is 12.8 Å². The van der Waals surface area contributed by atoms with E-state index in [1.807, 2.05) is 0 Å². The molecule has 0 radical (unpaired) electrons. The molecule has 3 aromatic rings. The van der Waals surface area contributed by atoms with E-state index in [0.717, 1.165) is 0 Å². The molecule has 0 fully saturated rings. The summed E-state index contributed by atoms with van der Waals surface area (Å²) in [5, 5.41) is 3.09. The molecular weight excluding hydrogens is 390 g/mol. The molecule has 0 aliphatic rings. The molecule has 0 bridgehead atoms. The van der Waals surface area contributed by atoms with E-state index in [2.05, 4.69) is 15.3 Å². The highest BCUT2D eigenvalue weighted by Gasteiger charge is 2.11. The highest BCUT2D eigenvalue weighted by atomic mass is 16.5. The predicted molar refractivity (Wildman–Crippen MR) is 110 cm³/mol. The zero-order valence-electron chi connectivity index (χ0n) is 16.6. The maximum Gasteiger partial charge on any atom is 0.306 e. The Balaban J connectivity index is 1.51. The van der Waals surface area contributed by atoms with Gasteiger partial charge in [0.15, 0.2) is 6.61 Å². The smallest absolute Gasteiger partial charge is 0.306 e. The SMILES string of the molecule is COc1cc(NC(=O)COC(=O)CCc2nc3ccccc3c(=O)[nH]2)cc(OC)c1. The predicted octanol–water partition coefficient (Wildman–Crippen LogP) is 2.05. The number of hydrogen-bond acceptors (Lipinski definition) is 7. The number of methoxy groups -OCH3 is 2. The van der Waals surface area contributed by atoms with Crippen molar-refractivity contribution in [3.05, 3.63) is 58.6 Å². The van der Waals surface area contributed by atoms with Gasteiger partial charge in [-0.25, -0.2) is 4.98 Å². The molecule has 9 nitrogen and oxygen atoms in total. The van der Waals surface area contributed by atoms with Gasteiger partial charge in [0.2, 0.25) is 0 Å². The van der Waals surface area contributed by atoms with Crippen molar-refractivity contribution >= 4 is 28.5 Å². The van der Waals surface area contributed by atoms with Crippen molar-refractivity contribution < 1.29 is 23.8 Å². The van der Waals surface area contributed by atoms with Crippen LogP contribution in [-0.4, -0.2) is 42.7 Å². The van der Waals surface area contributed by atoms with Crippen LogP contribution in [0.4, 0.5) is 5.69 Å². The number of carbonyl (C=O) groups excluding carboxylic acids is 2. The van der Waals surface area contributed by atoms with Gasteiger partial charge in [0.25, 0.3) is 11.5 Å². The maximum absolute atomic E-state index is 12.1. The van der Waals surface area contributed by atoms with Gasteiger partial charge < -0.3 is 24.5 Å². The number of para-hydroxylation sites is 1. The fraction of sp³-hybridized carbons (Fsp3) is 0.238. The number of carbonyl (C=O) groups is 2. The summed E-state index contributed by atoms with van der Waals surface area (Å²) in [4.78, 5) is 43.0. The normalized spacial score (nSPS) is 10.5. The number of amides is 1. The molecule has 0 unspecified atom stereocenters. The molecule has 0 saturated heterocycles. The molecule has 9 heteroatoms. The molecule has 0 aliphatic carbocycles. The van der Waals surface area contributed by atoms with E-state index in [1.54, 1.807) is 42.5 Å².